The molecule has 1 aromatic carbocycles. The van der Waals surface area contributed by atoms with Crippen molar-refractivity contribution in [2.45, 2.75) is 18.9 Å². The fourth-order valence-electron chi connectivity index (χ4n) is 2.16. The molecule has 1 saturated heterocycles. The second-order valence-corrected chi connectivity index (χ2v) is 4.72. The lowest BCUT2D eigenvalue weighted by Crippen LogP contribution is -2.32. The van der Waals surface area contributed by atoms with Crippen LogP contribution in [-0.4, -0.2) is 47.3 Å². The van der Waals surface area contributed by atoms with Crippen molar-refractivity contribution < 1.29 is 29.3 Å². The first-order valence-electron chi connectivity index (χ1n) is 6.49. The summed E-state index contributed by atoms with van der Waals surface area (Å²) < 4.78 is 5.36. The Morgan fingerprint density at radius 1 is 1.19 bits per heavy atom. The SMILES string of the molecule is O=C(O)c1ccc(C(=O)NC[C@@H]2CCCO2)c(C(=O)O)c1. The lowest BCUT2D eigenvalue weighted by molar-refractivity contribution is 0.0689. The summed E-state index contributed by atoms with van der Waals surface area (Å²) >= 11 is 0. The van der Waals surface area contributed by atoms with Crippen LogP contribution < -0.4 is 5.32 Å². The molecule has 1 aliphatic heterocycles. The second-order valence-electron chi connectivity index (χ2n) is 4.72. The molecular weight excluding hydrogens is 278 g/mol. The van der Waals surface area contributed by atoms with E-state index in [1.165, 1.54) is 12.1 Å². The van der Waals surface area contributed by atoms with E-state index < -0.39 is 17.8 Å². The van der Waals surface area contributed by atoms with Gasteiger partial charge in [0.25, 0.3) is 5.91 Å². The van der Waals surface area contributed by atoms with Crippen LogP contribution in [0.25, 0.3) is 0 Å². The number of carboxylic acids is 2. The highest BCUT2D eigenvalue weighted by Crippen LogP contribution is 2.14. The van der Waals surface area contributed by atoms with Gasteiger partial charge in [0.2, 0.25) is 0 Å². The number of hydrogen-bond acceptors (Lipinski definition) is 4. The summed E-state index contributed by atoms with van der Waals surface area (Å²) in [5, 5.41) is 20.6. The molecule has 0 unspecified atom stereocenters. The Balaban J connectivity index is 2.15. The monoisotopic (exact) mass is 293 g/mol. The average molecular weight is 293 g/mol. The van der Waals surface area contributed by atoms with Crippen molar-refractivity contribution in [2.75, 3.05) is 13.2 Å². The third-order valence-corrected chi connectivity index (χ3v) is 3.26. The van der Waals surface area contributed by atoms with Crippen LogP contribution in [0.15, 0.2) is 18.2 Å². The van der Waals surface area contributed by atoms with Gasteiger partial charge in [-0.25, -0.2) is 9.59 Å². The van der Waals surface area contributed by atoms with Gasteiger partial charge in [-0.15, -0.1) is 0 Å². The van der Waals surface area contributed by atoms with E-state index in [9.17, 15) is 14.4 Å². The Hall–Kier alpha value is -2.41. The van der Waals surface area contributed by atoms with Gasteiger partial charge in [-0.1, -0.05) is 0 Å². The van der Waals surface area contributed by atoms with Crippen molar-refractivity contribution in [3.05, 3.63) is 34.9 Å². The van der Waals surface area contributed by atoms with Gasteiger partial charge in [0.15, 0.2) is 0 Å². The minimum absolute atomic E-state index is 0.0551. The second kappa shape index (κ2) is 6.36. The smallest absolute Gasteiger partial charge is 0.336 e. The first-order chi connectivity index (χ1) is 9.99. The maximum absolute atomic E-state index is 12.0. The number of aromatic carboxylic acids is 2. The summed E-state index contributed by atoms with van der Waals surface area (Å²) in [7, 11) is 0. The van der Waals surface area contributed by atoms with Crippen LogP contribution in [0.3, 0.4) is 0 Å². The molecule has 21 heavy (non-hydrogen) atoms. The Labute approximate surface area is 120 Å². The molecule has 2 rings (SSSR count). The molecule has 1 heterocycles. The molecule has 112 valence electrons. The number of rotatable bonds is 5. The van der Waals surface area contributed by atoms with Crippen molar-refractivity contribution in [1.29, 1.82) is 0 Å². The van der Waals surface area contributed by atoms with Crippen molar-refractivity contribution in [3.8, 4) is 0 Å². The van der Waals surface area contributed by atoms with E-state index in [2.05, 4.69) is 5.32 Å². The first kappa shape index (κ1) is 15.0. The molecular formula is C14H15NO6. The van der Waals surface area contributed by atoms with Crippen molar-refractivity contribution in [1.82, 2.24) is 5.32 Å². The van der Waals surface area contributed by atoms with E-state index in [0.29, 0.717) is 13.2 Å². The van der Waals surface area contributed by atoms with Crippen LogP contribution >= 0.6 is 0 Å². The molecule has 1 atom stereocenters. The molecule has 0 aromatic heterocycles. The van der Waals surface area contributed by atoms with Crippen LogP contribution in [0.4, 0.5) is 0 Å². The largest absolute Gasteiger partial charge is 0.478 e. The van der Waals surface area contributed by atoms with Gasteiger partial charge in [-0.05, 0) is 31.0 Å². The third-order valence-electron chi connectivity index (χ3n) is 3.26. The number of ether oxygens (including phenoxy) is 1. The molecule has 1 aromatic rings. The van der Waals surface area contributed by atoms with E-state index in [0.717, 1.165) is 18.9 Å². The Morgan fingerprint density at radius 2 is 1.95 bits per heavy atom. The van der Waals surface area contributed by atoms with Crippen molar-refractivity contribution in [2.24, 2.45) is 0 Å². The van der Waals surface area contributed by atoms with Gasteiger partial charge in [0, 0.05) is 13.2 Å². The summed E-state index contributed by atoms with van der Waals surface area (Å²) in [6.07, 6.45) is 1.73. The summed E-state index contributed by atoms with van der Waals surface area (Å²) in [6, 6.07) is 3.39. The van der Waals surface area contributed by atoms with Crippen LogP contribution in [0, 0.1) is 0 Å². The minimum atomic E-state index is -1.35. The number of amides is 1. The topological polar surface area (TPSA) is 113 Å². The number of carbonyl (C=O) groups is 3. The van der Waals surface area contributed by atoms with Crippen LogP contribution in [0.2, 0.25) is 0 Å². The van der Waals surface area contributed by atoms with Gasteiger partial charge in [0.05, 0.1) is 22.8 Å². The van der Waals surface area contributed by atoms with Crippen molar-refractivity contribution >= 4 is 17.8 Å². The Bertz CT molecular complexity index is 577. The Kier molecular flexibility index (Phi) is 4.54. The predicted octanol–water partition coefficient (Wildman–Crippen LogP) is 0.992. The van der Waals surface area contributed by atoms with Crippen LogP contribution in [0.1, 0.15) is 43.9 Å². The fourth-order valence-corrected chi connectivity index (χ4v) is 2.16. The molecule has 0 bridgehead atoms. The number of hydrogen-bond donors (Lipinski definition) is 3. The number of benzene rings is 1. The van der Waals surface area contributed by atoms with Crippen LogP contribution in [0.5, 0.6) is 0 Å². The molecule has 7 heteroatoms. The highest BCUT2D eigenvalue weighted by molar-refractivity contribution is 6.06. The highest BCUT2D eigenvalue weighted by atomic mass is 16.5. The fraction of sp³-hybridized carbons (Fsp3) is 0.357. The zero-order valence-electron chi connectivity index (χ0n) is 11.2. The average Bonchev–Trinajstić information content (AvgIpc) is 2.97. The number of nitrogens with one attached hydrogen (secondary N) is 1. The normalized spacial score (nSPS) is 17.4. The van der Waals surface area contributed by atoms with E-state index >= 15 is 0 Å². The standard InChI is InChI=1S/C14H15NO6/c16-12(15-7-9-2-1-5-21-9)10-4-3-8(13(17)18)6-11(10)14(19)20/h3-4,6,9H,1-2,5,7H2,(H,15,16)(H,17,18)(H,19,20)/t9-/m0/s1. The molecule has 1 fully saturated rings. The first-order valence-corrected chi connectivity index (χ1v) is 6.49. The predicted molar refractivity (Wildman–Crippen MR) is 71.7 cm³/mol. The molecule has 0 spiro atoms. The van der Waals surface area contributed by atoms with E-state index in [1.54, 1.807) is 0 Å². The number of carboxylic acid groups (broad SMARTS) is 2. The maximum Gasteiger partial charge on any atom is 0.336 e. The van der Waals surface area contributed by atoms with Crippen molar-refractivity contribution in [3.63, 3.8) is 0 Å². The zero-order valence-corrected chi connectivity index (χ0v) is 11.2. The van der Waals surface area contributed by atoms with Crippen LogP contribution in [-0.2, 0) is 4.74 Å². The quantitative estimate of drug-likeness (QED) is 0.746. The summed E-state index contributed by atoms with van der Waals surface area (Å²) in [5.74, 6) is -3.15. The third kappa shape index (κ3) is 3.57. The van der Waals surface area contributed by atoms with Gasteiger partial charge < -0.3 is 20.3 Å². The summed E-state index contributed by atoms with van der Waals surface area (Å²) in [4.78, 5) is 34.0. The van der Waals surface area contributed by atoms with Gasteiger partial charge in [-0.3, -0.25) is 4.79 Å². The summed E-state index contributed by atoms with van der Waals surface area (Å²) in [5.41, 5.74) is -0.576. The molecule has 1 amide bonds. The molecule has 0 saturated carbocycles. The highest BCUT2D eigenvalue weighted by Gasteiger charge is 2.21. The Morgan fingerprint density at radius 3 is 2.52 bits per heavy atom. The minimum Gasteiger partial charge on any atom is -0.478 e. The van der Waals surface area contributed by atoms with E-state index in [1.807, 2.05) is 0 Å². The zero-order chi connectivity index (χ0) is 15.4. The van der Waals surface area contributed by atoms with E-state index in [4.69, 9.17) is 14.9 Å². The molecule has 1 aliphatic rings. The lowest BCUT2D eigenvalue weighted by Gasteiger charge is -2.12. The van der Waals surface area contributed by atoms with E-state index in [-0.39, 0.29) is 22.8 Å². The van der Waals surface area contributed by atoms with Gasteiger partial charge >= 0.3 is 11.9 Å². The molecule has 7 nitrogen and oxygen atoms in total. The van der Waals surface area contributed by atoms with Gasteiger partial charge in [-0.2, -0.15) is 0 Å². The lowest BCUT2D eigenvalue weighted by atomic mass is 10.0. The number of carbonyl (C=O) groups excluding carboxylic acids is 1. The van der Waals surface area contributed by atoms with Gasteiger partial charge in [0.1, 0.15) is 0 Å². The molecule has 3 N–H and O–H groups in total. The summed E-state index contributed by atoms with van der Waals surface area (Å²) in [6.45, 7) is 0.965. The molecule has 0 radical (unpaired) electrons. The maximum atomic E-state index is 12.0. The molecule has 0 aliphatic carbocycles.